The van der Waals surface area contributed by atoms with E-state index in [0.29, 0.717) is 43.5 Å². The minimum atomic E-state index is -3.55. The number of hydrogen-bond donors (Lipinski definition) is 2. The van der Waals surface area contributed by atoms with Gasteiger partial charge in [0.1, 0.15) is 5.69 Å². The Balaban J connectivity index is 1.53. The number of aromatic nitrogens is 3. The van der Waals surface area contributed by atoms with Gasteiger partial charge in [-0.1, -0.05) is 0 Å². The number of pyridine rings is 1. The molecule has 5 heterocycles. The SMILES string of the molecule is CNC(=O)C1CCN(Cc2csc3c(-c4cnc(OC)c(NS(C)(=O)=O)c4)nc(N4CCOCC4)nc23)CC1. The molecule has 0 aliphatic carbocycles. The smallest absolute Gasteiger partial charge is 0.238 e. The van der Waals surface area contributed by atoms with Gasteiger partial charge in [-0.05, 0) is 37.4 Å². The fourth-order valence-corrected chi connectivity index (χ4v) is 6.54. The average Bonchev–Trinajstić information content (AvgIpc) is 3.34. The van der Waals surface area contributed by atoms with Gasteiger partial charge in [-0.15, -0.1) is 11.3 Å². The van der Waals surface area contributed by atoms with E-state index in [1.807, 2.05) is 0 Å². The van der Waals surface area contributed by atoms with E-state index in [4.69, 9.17) is 19.4 Å². The summed E-state index contributed by atoms with van der Waals surface area (Å²) in [5.41, 5.74) is 3.55. The molecular weight excluding hydrogens is 542 g/mol. The molecule has 14 heteroatoms. The molecule has 2 aliphatic rings. The summed E-state index contributed by atoms with van der Waals surface area (Å²) in [5, 5.41) is 4.88. The van der Waals surface area contributed by atoms with Crippen LogP contribution in [-0.4, -0.2) is 94.0 Å². The maximum Gasteiger partial charge on any atom is 0.238 e. The second-order valence-electron chi connectivity index (χ2n) is 9.73. The van der Waals surface area contributed by atoms with Gasteiger partial charge in [0, 0.05) is 49.9 Å². The molecule has 0 radical (unpaired) electrons. The minimum Gasteiger partial charge on any atom is -0.480 e. The third-order valence-corrected chi connectivity index (χ3v) is 8.60. The molecule has 1 amide bonds. The van der Waals surface area contributed by atoms with Crippen molar-refractivity contribution in [3.8, 4) is 17.1 Å². The van der Waals surface area contributed by atoms with Crippen LogP contribution < -0.4 is 19.7 Å². The normalized spacial score (nSPS) is 17.4. The van der Waals surface area contributed by atoms with E-state index in [0.717, 1.165) is 54.5 Å². The van der Waals surface area contributed by atoms with Gasteiger partial charge in [-0.25, -0.2) is 23.4 Å². The number of carbonyl (C=O) groups is 1. The molecule has 5 rings (SSSR count). The Labute approximate surface area is 231 Å². The zero-order valence-electron chi connectivity index (χ0n) is 22.3. The fraction of sp³-hybridized carbons (Fsp3) is 0.520. The molecule has 12 nitrogen and oxygen atoms in total. The topological polar surface area (TPSA) is 139 Å². The third-order valence-electron chi connectivity index (χ3n) is 6.98. The summed E-state index contributed by atoms with van der Waals surface area (Å²) < 4.78 is 38.2. The van der Waals surface area contributed by atoms with Crippen LogP contribution in [0.5, 0.6) is 5.88 Å². The molecule has 2 N–H and O–H groups in total. The van der Waals surface area contributed by atoms with Crippen molar-refractivity contribution in [1.29, 1.82) is 0 Å². The van der Waals surface area contributed by atoms with E-state index in [-0.39, 0.29) is 23.4 Å². The number of amides is 1. The Hall–Kier alpha value is -3.07. The van der Waals surface area contributed by atoms with Crippen LogP contribution in [0.3, 0.4) is 0 Å². The average molecular weight is 576 g/mol. The maximum atomic E-state index is 12.1. The number of carbonyl (C=O) groups excluding carboxylic acids is 1. The standard InChI is InChI=1S/C25H33N7O5S2/c1-26-23(33)16-4-6-31(7-5-16)14-18-15-38-22-20(28-25(29-21(18)22)32-8-10-37-11-9-32)17-12-19(30-39(3,34)35)24(36-2)27-13-17/h12-13,15-16,30H,4-11,14H2,1-3H3,(H,26,33). The lowest BCUT2D eigenvalue weighted by atomic mass is 9.96. The summed E-state index contributed by atoms with van der Waals surface area (Å²) in [6.45, 7) is 4.96. The van der Waals surface area contributed by atoms with Crippen molar-refractivity contribution in [1.82, 2.24) is 25.2 Å². The van der Waals surface area contributed by atoms with Gasteiger partial charge in [0.25, 0.3) is 0 Å². The molecule has 0 saturated carbocycles. The molecule has 2 fully saturated rings. The number of ether oxygens (including phenoxy) is 2. The predicted octanol–water partition coefficient (Wildman–Crippen LogP) is 1.93. The van der Waals surface area contributed by atoms with Crippen molar-refractivity contribution in [2.75, 3.05) is 69.4 Å². The van der Waals surface area contributed by atoms with Gasteiger partial charge >= 0.3 is 0 Å². The first-order valence-electron chi connectivity index (χ1n) is 12.8. The Morgan fingerprint density at radius 3 is 2.62 bits per heavy atom. The van der Waals surface area contributed by atoms with E-state index < -0.39 is 10.0 Å². The molecule has 0 bridgehead atoms. The molecule has 0 aromatic carbocycles. The fourth-order valence-electron chi connectivity index (χ4n) is 4.98. The summed E-state index contributed by atoms with van der Waals surface area (Å²) >= 11 is 1.56. The zero-order chi connectivity index (χ0) is 27.6. The highest BCUT2D eigenvalue weighted by molar-refractivity contribution is 7.92. The number of piperidine rings is 1. The number of rotatable bonds is 8. The molecular formula is C25H33N7O5S2. The number of thiophene rings is 1. The number of sulfonamides is 1. The number of likely N-dealkylation sites (tertiary alicyclic amines) is 1. The summed E-state index contributed by atoms with van der Waals surface area (Å²) in [6.07, 6.45) is 4.38. The first-order valence-corrected chi connectivity index (χ1v) is 15.6. The van der Waals surface area contributed by atoms with Gasteiger partial charge in [0.2, 0.25) is 27.8 Å². The first-order chi connectivity index (χ1) is 18.8. The quantitative estimate of drug-likeness (QED) is 0.410. The van der Waals surface area contributed by atoms with Crippen molar-refractivity contribution >= 4 is 49.1 Å². The van der Waals surface area contributed by atoms with Crippen LogP contribution in [0.1, 0.15) is 18.4 Å². The van der Waals surface area contributed by atoms with Crippen molar-refractivity contribution in [3.05, 3.63) is 23.2 Å². The van der Waals surface area contributed by atoms with Gasteiger partial charge in [-0.3, -0.25) is 14.4 Å². The molecule has 2 aliphatic heterocycles. The monoisotopic (exact) mass is 575 g/mol. The van der Waals surface area contributed by atoms with Gasteiger partial charge in [0.15, 0.2) is 0 Å². The lowest BCUT2D eigenvalue weighted by Gasteiger charge is -2.31. The van der Waals surface area contributed by atoms with Crippen molar-refractivity contribution < 1.29 is 22.7 Å². The number of hydrogen-bond acceptors (Lipinski definition) is 11. The largest absolute Gasteiger partial charge is 0.480 e. The molecule has 39 heavy (non-hydrogen) atoms. The molecule has 0 unspecified atom stereocenters. The first kappa shape index (κ1) is 27.5. The summed E-state index contributed by atoms with van der Waals surface area (Å²) in [5.74, 6) is 0.952. The van der Waals surface area contributed by atoms with E-state index in [9.17, 15) is 13.2 Å². The zero-order valence-corrected chi connectivity index (χ0v) is 23.9. The van der Waals surface area contributed by atoms with E-state index >= 15 is 0 Å². The number of nitrogens with one attached hydrogen (secondary N) is 2. The Morgan fingerprint density at radius 2 is 1.95 bits per heavy atom. The molecule has 3 aromatic heterocycles. The lowest BCUT2D eigenvalue weighted by molar-refractivity contribution is -0.125. The Morgan fingerprint density at radius 1 is 1.21 bits per heavy atom. The number of morpholine rings is 1. The van der Waals surface area contributed by atoms with Gasteiger partial charge < -0.3 is 19.7 Å². The second kappa shape index (κ2) is 11.6. The van der Waals surface area contributed by atoms with E-state index in [2.05, 4.69) is 30.2 Å². The van der Waals surface area contributed by atoms with Crippen LogP contribution in [0.4, 0.5) is 11.6 Å². The Kier molecular flexibility index (Phi) is 8.16. The van der Waals surface area contributed by atoms with E-state index in [1.165, 1.54) is 7.11 Å². The van der Waals surface area contributed by atoms with Crippen LogP contribution in [0.25, 0.3) is 21.5 Å². The summed E-state index contributed by atoms with van der Waals surface area (Å²) in [6, 6.07) is 1.70. The van der Waals surface area contributed by atoms with Crippen molar-refractivity contribution in [3.63, 3.8) is 0 Å². The van der Waals surface area contributed by atoms with Crippen LogP contribution in [0.15, 0.2) is 17.6 Å². The molecule has 0 spiro atoms. The predicted molar refractivity (Wildman–Crippen MR) is 151 cm³/mol. The number of nitrogens with zero attached hydrogens (tertiary/aromatic N) is 5. The number of methoxy groups -OCH3 is 1. The van der Waals surface area contributed by atoms with Crippen LogP contribution in [0.2, 0.25) is 0 Å². The number of fused-ring (bicyclic) bond motifs is 1. The highest BCUT2D eigenvalue weighted by Crippen LogP contribution is 2.37. The Bertz CT molecular complexity index is 1450. The van der Waals surface area contributed by atoms with Gasteiger partial charge in [0.05, 0.1) is 42.5 Å². The molecule has 210 valence electrons. The second-order valence-corrected chi connectivity index (χ2v) is 12.4. The highest BCUT2D eigenvalue weighted by atomic mass is 32.2. The molecule has 2 saturated heterocycles. The number of anilines is 2. The molecule has 3 aromatic rings. The minimum absolute atomic E-state index is 0.0598. The van der Waals surface area contributed by atoms with Crippen LogP contribution in [-0.2, 0) is 26.1 Å². The van der Waals surface area contributed by atoms with Crippen LogP contribution in [0, 0.1) is 5.92 Å². The molecule has 0 atom stereocenters. The lowest BCUT2D eigenvalue weighted by Crippen LogP contribution is -2.39. The third kappa shape index (κ3) is 6.24. The summed E-state index contributed by atoms with van der Waals surface area (Å²) in [4.78, 5) is 30.8. The van der Waals surface area contributed by atoms with Crippen LogP contribution >= 0.6 is 11.3 Å². The maximum absolute atomic E-state index is 12.1. The highest BCUT2D eigenvalue weighted by Gasteiger charge is 2.26. The van der Waals surface area contributed by atoms with E-state index in [1.54, 1.807) is 30.6 Å². The van der Waals surface area contributed by atoms with Gasteiger partial charge in [-0.2, -0.15) is 0 Å². The van der Waals surface area contributed by atoms with Crippen molar-refractivity contribution in [2.24, 2.45) is 5.92 Å². The summed E-state index contributed by atoms with van der Waals surface area (Å²) in [7, 11) is -0.422. The van der Waals surface area contributed by atoms with Crippen molar-refractivity contribution in [2.45, 2.75) is 19.4 Å².